The molecule has 138 valence electrons. The van der Waals surface area contributed by atoms with Gasteiger partial charge in [-0.15, -0.1) is 11.3 Å². The molecule has 24 heavy (non-hydrogen) atoms. The van der Waals surface area contributed by atoms with Gasteiger partial charge in [0.05, 0.1) is 12.3 Å². The van der Waals surface area contributed by atoms with Crippen LogP contribution in [0.2, 0.25) is 0 Å². The first-order valence-electron chi connectivity index (χ1n) is 8.44. The van der Waals surface area contributed by atoms with Crippen LogP contribution in [0.5, 0.6) is 0 Å². The largest absolute Gasteiger partial charge is 0.357 e. The van der Waals surface area contributed by atoms with Crippen LogP contribution in [0.25, 0.3) is 0 Å². The van der Waals surface area contributed by atoms with Crippen LogP contribution in [0.1, 0.15) is 25.6 Å². The molecule has 1 heterocycles. The fourth-order valence-corrected chi connectivity index (χ4v) is 4.39. The van der Waals surface area contributed by atoms with Crippen LogP contribution in [0.15, 0.2) is 22.5 Å². The monoisotopic (exact) mass is 374 g/mol. The number of sulfonamides is 1. The Kier molecular flexibility index (Phi) is 9.31. The second kappa shape index (κ2) is 10.7. The van der Waals surface area contributed by atoms with Crippen molar-refractivity contribution in [2.75, 3.05) is 45.5 Å². The molecule has 0 saturated heterocycles. The van der Waals surface area contributed by atoms with Gasteiger partial charge in [-0.2, -0.15) is 0 Å². The summed E-state index contributed by atoms with van der Waals surface area (Å²) in [6.07, 6.45) is 0.955. The van der Waals surface area contributed by atoms with E-state index < -0.39 is 10.0 Å². The molecule has 0 saturated carbocycles. The average molecular weight is 375 g/mol. The number of aliphatic imine (C=N–C) groups is 1. The SMILES string of the molecule is CCNC(=NCCS(=O)(=O)N(CC)CC)N(C)CCc1cccs1. The van der Waals surface area contributed by atoms with Gasteiger partial charge < -0.3 is 10.2 Å². The lowest BCUT2D eigenvalue weighted by molar-refractivity contribution is 0.445. The molecule has 1 N–H and O–H groups in total. The van der Waals surface area contributed by atoms with Crippen LogP contribution in [0.4, 0.5) is 0 Å². The van der Waals surface area contributed by atoms with Crippen molar-refractivity contribution in [1.82, 2.24) is 14.5 Å². The fraction of sp³-hybridized carbons (Fsp3) is 0.688. The summed E-state index contributed by atoms with van der Waals surface area (Å²) < 4.78 is 25.9. The number of guanidine groups is 1. The predicted octanol–water partition coefficient (Wildman–Crippen LogP) is 1.86. The maximum atomic E-state index is 12.2. The maximum Gasteiger partial charge on any atom is 0.215 e. The molecule has 0 unspecified atom stereocenters. The van der Waals surface area contributed by atoms with Gasteiger partial charge in [-0.25, -0.2) is 12.7 Å². The minimum Gasteiger partial charge on any atom is -0.357 e. The Balaban J connectivity index is 2.60. The zero-order valence-corrected chi connectivity index (χ0v) is 16.8. The molecular weight excluding hydrogens is 344 g/mol. The Morgan fingerprint density at radius 2 is 2.00 bits per heavy atom. The van der Waals surface area contributed by atoms with Crippen molar-refractivity contribution >= 4 is 27.3 Å². The van der Waals surface area contributed by atoms with Crippen molar-refractivity contribution in [2.24, 2.45) is 4.99 Å². The fourth-order valence-electron chi connectivity index (χ4n) is 2.32. The number of thiophene rings is 1. The number of likely N-dealkylation sites (N-methyl/N-ethyl adjacent to an activating group) is 1. The molecule has 1 aromatic heterocycles. The Bertz CT molecular complexity index is 581. The Labute approximate surface area is 150 Å². The first kappa shape index (κ1) is 20.9. The normalized spacial score (nSPS) is 12.6. The summed E-state index contributed by atoms with van der Waals surface area (Å²) in [6, 6.07) is 4.18. The van der Waals surface area contributed by atoms with Crippen molar-refractivity contribution in [2.45, 2.75) is 27.2 Å². The summed E-state index contributed by atoms with van der Waals surface area (Å²) in [7, 11) is -1.24. The minimum absolute atomic E-state index is 0.0440. The molecule has 0 spiro atoms. The van der Waals surface area contributed by atoms with Crippen LogP contribution in [-0.4, -0.2) is 69.1 Å². The molecule has 6 nitrogen and oxygen atoms in total. The second-order valence-electron chi connectivity index (χ2n) is 5.39. The molecule has 0 fully saturated rings. The van der Waals surface area contributed by atoms with E-state index in [1.165, 1.54) is 9.18 Å². The molecule has 8 heteroatoms. The number of nitrogens with zero attached hydrogens (tertiary/aromatic N) is 3. The summed E-state index contributed by atoms with van der Waals surface area (Å²) in [4.78, 5) is 7.86. The van der Waals surface area contributed by atoms with Gasteiger partial charge in [0.15, 0.2) is 5.96 Å². The number of hydrogen-bond acceptors (Lipinski definition) is 4. The van der Waals surface area contributed by atoms with Gasteiger partial charge in [0.25, 0.3) is 0 Å². The highest BCUT2D eigenvalue weighted by molar-refractivity contribution is 7.89. The van der Waals surface area contributed by atoms with Crippen LogP contribution >= 0.6 is 11.3 Å². The zero-order chi connectivity index (χ0) is 18.0. The zero-order valence-electron chi connectivity index (χ0n) is 15.2. The van der Waals surface area contributed by atoms with Crippen molar-refractivity contribution in [1.29, 1.82) is 0 Å². The smallest absolute Gasteiger partial charge is 0.215 e. The number of hydrogen-bond donors (Lipinski definition) is 1. The quantitative estimate of drug-likeness (QED) is 0.501. The number of rotatable bonds is 10. The van der Waals surface area contributed by atoms with Crippen LogP contribution in [0, 0.1) is 0 Å². The second-order valence-corrected chi connectivity index (χ2v) is 8.51. The topological polar surface area (TPSA) is 65.0 Å². The van der Waals surface area contributed by atoms with Crippen molar-refractivity contribution < 1.29 is 8.42 Å². The molecule has 0 aliphatic carbocycles. The van der Waals surface area contributed by atoms with Gasteiger partial charge in [-0.05, 0) is 24.8 Å². The molecule has 0 radical (unpaired) electrons. The van der Waals surface area contributed by atoms with Crippen molar-refractivity contribution in [3.8, 4) is 0 Å². The van der Waals surface area contributed by atoms with E-state index in [1.807, 2.05) is 32.7 Å². The molecule has 1 aromatic rings. The highest BCUT2D eigenvalue weighted by Crippen LogP contribution is 2.09. The van der Waals surface area contributed by atoms with Crippen molar-refractivity contribution in [3.63, 3.8) is 0 Å². The molecule has 1 rings (SSSR count). The summed E-state index contributed by atoms with van der Waals surface area (Å²) in [5.74, 6) is 0.798. The first-order chi connectivity index (χ1) is 11.4. The summed E-state index contributed by atoms with van der Waals surface area (Å²) in [5.41, 5.74) is 0. The van der Waals surface area contributed by atoms with Crippen LogP contribution < -0.4 is 5.32 Å². The number of nitrogens with one attached hydrogen (secondary N) is 1. The van der Waals surface area contributed by atoms with E-state index in [-0.39, 0.29) is 12.3 Å². The maximum absolute atomic E-state index is 12.2. The molecule has 0 aliphatic rings. The minimum atomic E-state index is -3.22. The van der Waals surface area contributed by atoms with Gasteiger partial charge in [0.2, 0.25) is 10.0 Å². The van der Waals surface area contributed by atoms with E-state index in [0.29, 0.717) is 13.1 Å². The van der Waals surface area contributed by atoms with Gasteiger partial charge in [-0.1, -0.05) is 19.9 Å². The molecule has 0 aliphatic heterocycles. The molecular formula is C16H30N4O2S2. The van der Waals surface area contributed by atoms with Crippen LogP contribution in [-0.2, 0) is 16.4 Å². The van der Waals surface area contributed by atoms with Gasteiger partial charge in [-0.3, -0.25) is 4.99 Å². The summed E-state index contributed by atoms with van der Waals surface area (Å²) >= 11 is 1.75. The Morgan fingerprint density at radius 3 is 2.54 bits per heavy atom. The van der Waals surface area contributed by atoms with E-state index in [1.54, 1.807) is 11.3 Å². The predicted molar refractivity (Wildman–Crippen MR) is 103 cm³/mol. The highest BCUT2D eigenvalue weighted by atomic mass is 32.2. The molecule has 0 atom stereocenters. The lowest BCUT2D eigenvalue weighted by Crippen LogP contribution is -2.40. The van der Waals surface area contributed by atoms with E-state index in [4.69, 9.17) is 0 Å². The molecule has 0 aromatic carbocycles. The third-order valence-corrected chi connectivity index (χ3v) is 6.62. The van der Waals surface area contributed by atoms with Crippen molar-refractivity contribution in [3.05, 3.63) is 22.4 Å². The Morgan fingerprint density at radius 1 is 1.29 bits per heavy atom. The third kappa shape index (κ3) is 6.78. The highest BCUT2D eigenvalue weighted by Gasteiger charge is 2.18. The van der Waals surface area contributed by atoms with E-state index in [2.05, 4.69) is 27.8 Å². The Hall–Kier alpha value is -1.12. The lowest BCUT2D eigenvalue weighted by atomic mass is 10.3. The first-order valence-corrected chi connectivity index (χ1v) is 10.9. The lowest BCUT2D eigenvalue weighted by Gasteiger charge is -2.22. The van der Waals surface area contributed by atoms with E-state index in [9.17, 15) is 8.42 Å². The van der Waals surface area contributed by atoms with Crippen LogP contribution in [0.3, 0.4) is 0 Å². The third-order valence-electron chi connectivity index (χ3n) is 3.68. The van der Waals surface area contributed by atoms with Gasteiger partial charge in [0.1, 0.15) is 0 Å². The standard InChI is InChI=1S/C16H30N4O2S2/c1-5-17-16(19(4)12-10-15-9-8-13-23-15)18-11-14-24(21,22)20(6-2)7-3/h8-9,13H,5-7,10-12,14H2,1-4H3,(H,17,18). The summed E-state index contributed by atoms with van der Waals surface area (Å²) in [6.45, 7) is 8.59. The molecule has 0 amide bonds. The molecule has 0 bridgehead atoms. The van der Waals surface area contributed by atoms with E-state index >= 15 is 0 Å². The summed E-state index contributed by atoms with van der Waals surface area (Å²) in [5, 5.41) is 5.30. The van der Waals surface area contributed by atoms with Gasteiger partial charge >= 0.3 is 0 Å². The van der Waals surface area contributed by atoms with E-state index in [0.717, 1.165) is 25.5 Å². The average Bonchev–Trinajstić information content (AvgIpc) is 3.06. The van der Waals surface area contributed by atoms with Gasteiger partial charge in [0, 0.05) is 38.1 Å².